The highest BCUT2D eigenvalue weighted by Crippen LogP contribution is 2.20. The molecule has 0 saturated carbocycles. The summed E-state index contributed by atoms with van der Waals surface area (Å²) in [5, 5.41) is 5.22. The Morgan fingerprint density at radius 2 is 2.50 bits per heavy atom. The van der Waals surface area contributed by atoms with Gasteiger partial charge in [0.1, 0.15) is 0 Å². The fourth-order valence-corrected chi connectivity index (χ4v) is 2.59. The molecule has 0 aromatic carbocycles. The smallest absolute Gasteiger partial charge is 0.0961 e. The van der Waals surface area contributed by atoms with Gasteiger partial charge >= 0.3 is 0 Å². The molecule has 2 rings (SSSR count). The van der Waals surface area contributed by atoms with Gasteiger partial charge in [-0.05, 0) is 31.5 Å². The summed E-state index contributed by atoms with van der Waals surface area (Å²) in [4.78, 5) is 4.24. The Hall–Kier alpha value is -0.250. The molecule has 0 aliphatic carbocycles. The lowest BCUT2D eigenvalue weighted by molar-refractivity contribution is 0.673. The molecule has 0 spiro atoms. The Balaban J connectivity index is 1.82. The molecule has 4 heteroatoms. The van der Waals surface area contributed by atoms with Gasteiger partial charge in [0.25, 0.3) is 0 Å². The SMILES string of the molecule is Clc1ccc(SC[C@H]2CCCN2)nc1. The summed E-state index contributed by atoms with van der Waals surface area (Å²) in [6.07, 6.45) is 4.30. The summed E-state index contributed by atoms with van der Waals surface area (Å²) >= 11 is 7.55. The molecule has 0 bridgehead atoms. The quantitative estimate of drug-likeness (QED) is 0.806. The van der Waals surface area contributed by atoms with Gasteiger partial charge in [0.15, 0.2) is 0 Å². The summed E-state index contributed by atoms with van der Waals surface area (Å²) in [5.74, 6) is 1.11. The zero-order valence-electron chi connectivity index (χ0n) is 7.87. The number of thioether (sulfide) groups is 1. The zero-order valence-corrected chi connectivity index (χ0v) is 9.44. The second-order valence-corrected chi connectivity index (χ2v) is 4.90. The van der Waals surface area contributed by atoms with Gasteiger partial charge in [0.2, 0.25) is 0 Å². The Bertz CT molecular complexity index is 283. The molecule has 1 fully saturated rings. The second kappa shape index (κ2) is 5.01. The van der Waals surface area contributed by atoms with Crippen molar-refractivity contribution in [3.05, 3.63) is 23.4 Å². The van der Waals surface area contributed by atoms with Crippen LogP contribution in [0.15, 0.2) is 23.4 Å². The van der Waals surface area contributed by atoms with Crippen LogP contribution >= 0.6 is 23.4 Å². The molecule has 1 N–H and O–H groups in total. The third-order valence-electron chi connectivity index (χ3n) is 2.30. The van der Waals surface area contributed by atoms with E-state index >= 15 is 0 Å². The first-order valence-electron chi connectivity index (χ1n) is 4.82. The molecular weight excluding hydrogens is 216 g/mol. The maximum Gasteiger partial charge on any atom is 0.0961 e. The second-order valence-electron chi connectivity index (χ2n) is 3.42. The molecule has 1 atom stereocenters. The van der Waals surface area contributed by atoms with Crippen molar-refractivity contribution in [1.82, 2.24) is 10.3 Å². The zero-order chi connectivity index (χ0) is 9.80. The first-order chi connectivity index (χ1) is 6.84. The fourth-order valence-electron chi connectivity index (χ4n) is 1.53. The van der Waals surface area contributed by atoms with Crippen molar-refractivity contribution in [3.63, 3.8) is 0 Å². The minimum atomic E-state index is 0.664. The number of aromatic nitrogens is 1. The van der Waals surface area contributed by atoms with Crippen LogP contribution in [0.1, 0.15) is 12.8 Å². The molecule has 1 saturated heterocycles. The molecule has 0 radical (unpaired) electrons. The Morgan fingerprint density at radius 3 is 3.14 bits per heavy atom. The van der Waals surface area contributed by atoms with E-state index in [1.807, 2.05) is 12.1 Å². The molecule has 14 heavy (non-hydrogen) atoms. The van der Waals surface area contributed by atoms with Crippen molar-refractivity contribution < 1.29 is 0 Å². The van der Waals surface area contributed by atoms with Gasteiger partial charge in [0, 0.05) is 18.0 Å². The predicted octanol–water partition coefficient (Wildman–Crippen LogP) is 2.58. The van der Waals surface area contributed by atoms with E-state index < -0.39 is 0 Å². The third kappa shape index (κ3) is 2.87. The van der Waals surface area contributed by atoms with Gasteiger partial charge in [-0.15, -0.1) is 11.8 Å². The molecule has 0 unspecified atom stereocenters. The van der Waals surface area contributed by atoms with Crippen LogP contribution in [0.3, 0.4) is 0 Å². The first-order valence-corrected chi connectivity index (χ1v) is 6.19. The fraction of sp³-hybridized carbons (Fsp3) is 0.500. The van der Waals surface area contributed by atoms with E-state index in [0.29, 0.717) is 11.1 Å². The van der Waals surface area contributed by atoms with Crippen molar-refractivity contribution in [3.8, 4) is 0 Å². The number of halogens is 1. The van der Waals surface area contributed by atoms with Crippen LogP contribution in [0.4, 0.5) is 0 Å². The number of nitrogens with one attached hydrogen (secondary N) is 1. The van der Waals surface area contributed by atoms with Crippen LogP contribution in [0, 0.1) is 0 Å². The predicted molar refractivity (Wildman–Crippen MR) is 61.0 cm³/mol. The maximum atomic E-state index is 5.75. The summed E-state index contributed by atoms with van der Waals surface area (Å²) in [6.45, 7) is 1.17. The van der Waals surface area contributed by atoms with E-state index in [-0.39, 0.29) is 0 Å². The van der Waals surface area contributed by atoms with Crippen LogP contribution in [0.5, 0.6) is 0 Å². The van der Waals surface area contributed by atoms with E-state index in [9.17, 15) is 0 Å². The van der Waals surface area contributed by atoms with Crippen LogP contribution in [0.25, 0.3) is 0 Å². The molecule has 1 aliphatic heterocycles. The molecule has 76 valence electrons. The lowest BCUT2D eigenvalue weighted by Gasteiger charge is -2.08. The molecule has 1 aliphatic rings. The van der Waals surface area contributed by atoms with E-state index in [0.717, 1.165) is 10.8 Å². The van der Waals surface area contributed by atoms with Gasteiger partial charge in [-0.2, -0.15) is 0 Å². The minimum absolute atomic E-state index is 0.664. The normalized spacial score (nSPS) is 21.4. The van der Waals surface area contributed by atoms with Crippen LogP contribution in [-0.4, -0.2) is 23.3 Å². The standard InChI is InChI=1S/C10H13ClN2S/c11-8-3-4-10(13-6-8)14-7-9-2-1-5-12-9/h3-4,6,9,12H,1-2,5,7H2/t9-/m1/s1. The minimum Gasteiger partial charge on any atom is -0.313 e. The number of nitrogens with zero attached hydrogens (tertiary/aromatic N) is 1. The van der Waals surface area contributed by atoms with E-state index in [1.54, 1.807) is 18.0 Å². The number of hydrogen-bond donors (Lipinski definition) is 1. The maximum absolute atomic E-state index is 5.75. The number of rotatable bonds is 3. The van der Waals surface area contributed by atoms with Crippen molar-refractivity contribution in [2.24, 2.45) is 0 Å². The van der Waals surface area contributed by atoms with Gasteiger partial charge in [-0.1, -0.05) is 11.6 Å². The summed E-state index contributed by atoms with van der Waals surface area (Å²) < 4.78 is 0. The van der Waals surface area contributed by atoms with Crippen molar-refractivity contribution >= 4 is 23.4 Å². The lowest BCUT2D eigenvalue weighted by Crippen LogP contribution is -2.23. The summed E-state index contributed by atoms with van der Waals surface area (Å²) in [5.41, 5.74) is 0. The summed E-state index contributed by atoms with van der Waals surface area (Å²) in [6, 6.07) is 4.53. The Labute approximate surface area is 93.4 Å². The largest absolute Gasteiger partial charge is 0.313 e. The molecule has 2 nitrogen and oxygen atoms in total. The van der Waals surface area contributed by atoms with Crippen LogP contribution in [-0.2, 0) is 0 Å². The monoisotopic (exact) mass is 228 g/mol. The Morgan fingerprint density at radius 1 is 1.57 bits per heavy atom. The van der Waals surface area contributed by atoms with Crippen molar-refractivity contribution in [2.75, 3.05) is 12.3 Å². The van der Waals surface area contributed by atoms with Crippen molar-refractivity contribution in [2.45, 2.75) is 23.9 Å². The van der Waals surface area contributed by atoms with Crippen LogP contribution in [0.2, 0.25) is 5.02 Å². The highest BCUT2D eigenvalue weighted by Gasteiger charge is 2.13. The van der Waals surface area contributed by atoms with Gasteiger partial charge < -0.3 is 5.32 Å². The molecule has 2 heterocycles. The Kier molecular flexibility index (Phi) is 3.67. The average molecular weight is 229 g/mol. The highest BCUT2D eigenvalue weighted by atomic mass is 35.5. The molecule has 1 aromatic rings. The molecular formula is C10H13ClN2S. The number of pyridine rings is 1. The summed E-state index contributed by atoms with van der Waals surface area (Å²) in [7, 11) is 0. The molecule has 0 amide bonds. The third-order valence-corrected chi connectivity index (χ3v) is 3.62. The molecule has 1 aromatic heterocycles. The van der Waals surface area contributed by atoms with Crippen molar-refractivity contribution in [1.29, 1.82) is 0 Å². The van der Waals surface area contributed by atoms with E-state index in [2.05, 4.69) is 10.3 Å². The number of hydrogen-bond acceptors (Lipinski definition) is 3. The first kappa shape index (κ1) is 10.3. The van der Waals surface area contributed by atoms with Gasteiger partial charge in [0.05, 0.1) is 10.0 Å². The van der Waals surface area contributed by atoms with Gasteiger partial charge in [-0.25, -0.2) is 4.98 Å². The van der Waals surface area contributed by atoms with E-state index in [4.69, 9.17) is 11.6 Å². The average Bonchev–Trinajstić information content (AvgIpc) is 2.70. The topological polar surface area (TPSA) is 24.9 Å². The van der Waals surface area contributed by atoms with Crippen LogP contribution < -0.4 is 5.32 Å². The van der Waals surface area contributed by atoms with Gasteiger partial charge in [-0.3, -0.25) is 0 Å². The van der Waals surface area contributed by atoms with E-state index in [1.165, 1.54) is 19.4 Å². The lowest BCUT2D eigenvalue weighted by atomic mass is 10.3. The highest BCUT2D eigenvalue weighted by molar-refractivity contribution is 7.99.